The summed E-state index contributed by atoms with van der Waals surface area (Å²) in [6.45, 7) is 3.59. The van der Waals surface area contributed by atoms with E-state index in [2.05, 4.69) is 5.32 Å². The summed E-state index contributed by atoms with van der Waals surface area (Å²) in [5.41, 5.74) is 0.728. The fraction of sp³-hybridized carbons (Fsp3) is 0.562. The van der Waals surface area contributed by atoms with E-state index in [0.29, 0.717) is 25.3 Å². The van der Waals surface area contributed by atoms with Crippen molar-refractivity contribution >= 4 is 11.6 Å². The van der Waals surface area contributed by atoms with Crippen LogP contribution in [-0.2, 0) is 9.53 Å². The van der Waals surface area contributed by atoms with Gasteiger partial charge in [-0.25, -0.2) is 0 Å². The topological polar surface area (TPSA) is 71.0 Å². The molecule has 0 heterocycles. The maximum Gasteiger partial charge on any atom is 0.225 e. The Labute approximate surface area is 132 Å². The Bertz CT molecular complexity index is 434. The maximum absolute atomic E-state index is 11.7. The second kappa shape index (κ2) is 10.2. The van der Waals surface area contributed by atoms with Crippen LogP contribution in [0.25, 0.3) is 0 Å². The summed E-state index contributed by atoms with van der Waals surface area (Å²) >= 11 is 0. The van der Waals surface area contributed by atoms with Crippen LogP contribution in [0.1, 0.15) is 13.3 Å². The highest BCUT2D eigenvalue weighted by molar-refractivity contribution is 5.90. The number of hydrogen-bond acceptors (Lipinski definition) is 5. The summed E-state index contributed by atoms with van der Waals surface area (Å²) in [4.78, 5) is 13.7. The van der Waals surface area contributed by atoms with Gasteiger partial charge in [-0.1, -0.05) is 0 Å². The lowest BCUT2D eigenvalue weighted by molar-refractivity contribution is -0.116. The highest BCUT2D eigenvalue weighted by atomic mass is 16.5. The van der Waals surface area contributed by atoms with E-state index in [1.165, 1.54) is 0 Å². The molecule has 6 nitrogen and oxygen atoms in total. The molecule has 0 spiro atoms. The summed E-state index contributed by atoms with van der Waals surface area (Å²) in [5, 5.41) is 12.4. The molecule has 1 atom stereocenters. The molecule has 0 saturated heterocycles. The van der Waals surface area contributed by atoms with Crippen LogP contribution in [-0.4, -0.2) is 62.5 Å². The van der Waals surface area contributed by atoms with Crippen molar-refractivity contribution in [1.29, 1.82) is 0 Å². The van der Waals surface area contributed by atoms with Gasteiger partial charge in [-0.3, -0.25) is 4.79 Å². The minimum atomic E-state index is -0.648. The Morgan fingerprint density at radius 2 is 1.95 bits per heavy atom. The van der Waals surface area contributed by atoms with Gasteiger partial charge >= 0.3 is 0 Å². The third kappa shape index (κ3) is 7.97. The van der Waals surface area contributed by atoms with Gasteiger partial charge in [0.15, 0.2) is 0 Å². The zero-order valence-electron chi connectivity index (χ0n) is 13.5. The molecule has 0 bridgehead atoms. The second-order valence-corrected chi connectivity index (χ2v) is 5.25. The Kier molecular flexibility index (Phi) is 8.50. The monoisotopic (exact) mass is 310 g/mol. The van der Waals surface area contributed by atoms with Crippen molar-refractivity contribution in [2.24, 2.45) is 0 Å². The van der Waals surface area contributed by atoms with Gasteiger partial charge in [0.05, 0.1) is 6.61 Å². The summed E-state index contributed by atoms with van der Waals surface area (Å²) < 4.78 is 10.6. The van der Waals surface area contributed by atoms with Crippen LogP contribution in [0.15, 0.2) is 24.3 Å². The molecule has 1 aromatic carbocycles. The van der Waals surface area contributed by atoms with Crippen molar-refractivity contribution < 1.29 is 19.4 Å². The average Bonchev–Trinajstić information content (AvgIpc) is 2.50. The number of aliphatic hydroxyl groups is 1. The number of ether oxygens (including phenoxy) is 2. The summed E-state index contributed by atoms with van der Waals surface area (Å²) in [5.74, 6) is 0.622. The molecular weight excluding hydrogens is 284 g/mol. The van der Waals surface area contributed by atoms with Crippen molar-refractivity contribution in [2.45, 2.75) is 19.4 Å². The zero-order chi connectivity index (χ0) is 16.4. The number of benzene rings is 1. The molecule has 6 heteroatoms. The van der Waals surface area contributed by atoms with Crippen LogP contribution in [0, 0.1) is 0 Å². The molecular formula is C16H26N2O4. The molecule has 0 aliphatic heterocycles. The second-order valence-electron chi connectivity index (χ2n) is 5.25. The molecule has 0 aliphatic rings. The van der Waals surface area contributed by atoms with E-state index in [1.54, 1.807) is 24.3 Å². The van der Waals surface area contributed by atoms with Crippen LogP contribution in [0.3, 0.4) is 0 Å². The van der Waals surface area contributed by atoms with Crippen molar-refractivity contribution in [2.75, 3.05) is 45.8 Å². The highest BCUT2D eigenvalue weighted by Crippen LogP contribution is 2.16. The Morgan fingerprint density at radius 1 is 1.27 bits per heavy atom. The van der Waals surface area contributed by atoms with Crippen LogP contribution in [0.4, 0.5) is 5.69 Å². The fourth-order valence-electron chi connectivity index (χ4n) is 1.68. The van der Waals surface area contributed by atoms with Gasteiger partial charge in [-0.05, 0) is 45.3 Å². The van der Waals surface area contributed by atoms with E-state index in [0.717, 1.165) is 5.69 Å². The molecule has 22 heavy (non-hydrogen) atoms. The molecule has 1 aromatic rings. The van der Waals surface area contributed by atoms with Gasteiger partial charge < -0.3 is 24.8 Å². The molecule has 0 aromatic heterocycles. The minimum absolute atomic E-state index is 0.0190. The van der Waals surface area contributed by atoms with Crippen molar-refractivity contribution in [3.8, 4) is 5.75 Å². The smallest absolute Gasteiger partial charge is 0.225 e. The Balaban J connectivity index is 2.34. The number of rotatable bonds is 10. The largest absolute Gasteiger partial charge is 0.491 e. The predicted molar refractivity (Wildman–Crippen MR) is 86.2 cm³/mol. The first-order valence-electron chi connectivity index (χ1n) is 7.44. The third-order valence-electron chi connectivity index (χ3n) is 2.88. The number of carbonyl (C=O) groups excluding carboxylic acids is 1. The lowest BCUT2D eigenvalue weighted by Crippen LogP contribution is -2.23. The summed E-state index contributed by atoms with van der Waals surface area (Å²) in [6.07, 6.45) is -0.195. The van der Waals surface area contributed by atoms with Gasteiger partial charge in [0.1, 0.15) is 18.5 Å². The molecule has 2 N–H and O–H groups in total. The maximum atomic E-state index is 11.7. The van der Waals surface area contributed by atoms with Gasteiger partial charge in [-0.15, -0.1) is 0 Å². The number of hydrogen-bond donors (Lipinski definition) is 2. The van der Waals surface area contributed by atoms with E-state index in [-0.39, 0.29) is 19.1 Å². The van der Waals surface area contributed by atoms with Crippen molar-refractivity contribution in [3.63, 3.8) is 0 Å². The number of nitrogens with zero attached hydrogens (tertiary/aromatic N) is 1. The first kappa shape index (κ1) is 18.4. The first-order chi connectivity index (χ1) is 10.5. The summed E-state index contributed by atoms with van der Waals surface area (Å²) in [6, 6.07) is 7.07. The fourth-order valence-corrected chi connectivity index (χ4v) is 1.68. The highest BCUT2D eigenvalue weighted by Gasteiger charge is 2.06. The lowest BCUT2D eigenvalue weighted by atomic mass is 10.3. The number of aliphatic hydroxyl groups excluding tert-OH is 1. The van der Waals surface area contributed by atoms with E-state index >= 15 is 0 Å². The van der Waals surface area contributed by atoms with Crippen LogP contribution in [0.2, 0.25) is 0 Å². The molecule has 0 radical (unpaired) electrons. The SMILES string of the molecule is CCOC[C@@H](O)COc1ccc(NC(=O)CCN(C)C)cc1. The standard InChI is InChI=1S/C16H26N2O4/c1-4-21-11-14(19)12-22-15-7-5-13(6-8-15)17-16(20)9-10-18(2)3/h5-8,14,19H,4,9-12H2,1-3H3,(H,17,20)/t14-/m1/s1. The average molecular weight is 310 g/mol. The number of carbonyl (C=O) groups is 1. The molecule has 124 valence electrons. The lowest BCUT2D eigenvalue weighted by Gasteiger charge is -2.13. The number of amides is 1. The van der Waals surface area contributed by atoms with E-state index in [9.17, 15) is 9.90 Å². The van der Waals surface area contributed by atoms with E-state index < -0.39 is 6.10 Å². The van der Waals surface area contributed by atoms with Crippen LogP contribution < -0.4 is 10.1 Å². The third-order valence-corrected chi connectivity index (χ3v) is 2.88. The van der Waals surface area contributed by atoms with Gasteiger partial charge in [0, 0.05) is 25.3 Å². The normalized spacial score (nSPS) is 12.2. The van der Waals surface area contributed by atoms with E-state index in [1.807, 2.05) is 25.9 Å². The van der Waals surface area contributed by atoms with Gasteiger partial charge in [-0.2, -0.15) is 0 Å². The zero-order valence-corrected chi connectivity index (χ0v) is 13.5. The minimum Gasteiger partial charge on any atom is -0.491 e. The van der Waals surface area contributed by atoms with Crippen molar-refractivity contribution in [1.82, 2.24) is 4.90 Å². The van der Waals surface area contributed by atoms with Crippen LogP contribution in [0.5, 0.6) is 5.75 Å². The number of anilines is 1. The number of nitrogens with one attached hydrogen (secondary N) is 1. The first-order valence-corrected chi connectivity index (χ1v) is 7.44. The molecule has 1 rings (SSSR count). The quantitative estimate of drug-likeness (QED) is 0.683. The van der Waals surface area contributed by atoms with Crippen LogP contribution >= 0.6 is 0 Å². The molecule has 0 unspecified atom stereocenters. The van der Waals surface area contributed by atoms with Crippen molar-refractivity contribution in [3.05, 3.63) is 24.3 Å². The Hall–Kier alpha value is -1.63. The molecule has 1 amide bonds. The summed E-state index contributed by atoms with van der Waals surface area (Å²) in [7, 11) is 3.86. The Morgan fingerprint density at radius 3 is 2.55 bits per heavy atom. The van der Waals surface area contributed by atoms with Gasteiger partial charge in [0.2, 0.25) is 5.91 Å². The molecule has 0 fully saturated rings. The van der Waals surface area contributed by atoms with E-state index in [4.69, 9.17) is 9.47 Å². The predicted octanol–water partition coefficient (Wildman–Crippen LogP) is 1.35. The van der Waals surface area contributed by atoms with Gasteiger partial charge in [0.25, 0.3) is 0 Å². The molecule has 0 saturated carbocycles. The molecule has 0 aliphatic carbocycles.